The number of benzene rings is 2. The molecule has 0 aliphatic carbocycles. The normalized spacial score (nSPS) is 15.9. The number of nitrogens with zero attached hydrogens (tertiary/aromatic N) is 1. The van der Waals surface area contributed by atoms with Crippen molar-refractivity contribution in [3.8, 4) is 11.5 Å². The Morgan fingerprint density at radius 2 is 1.96 bits per heavy atom. The zero-order valence-electron chi connectivity index (χ0n) is 13.1. The smallest absolute Gasteiger partial charge is 0.342 e. The molecule has 2 aromatic carbocycles. The van der Waals surface area contributed by atoms with Crippen LogP contribution in [0.2, 0.25) is 0 Å². The largest absolute Gasteiger partial charge is 0.508 e. The second-order valence-electron chi connectivity index (χ2n) is 5.72. The SMILES string of the molecule is C[C@H]1Cc2ccccc2N1C(=O)COC(=O)c1ccc(O)cc1O. The summed E-state index contributed by atoms with van der Waals surface area (Å²) < 4.78 is 5.01. The Balaban J connectivity index is 1.69. The van der Waals surface area contributed by atoms with Crippen molar-refractivity contribution in [2.24, 2.45) is 0 Å². The second kappa shape index (κ2) is 6.23. The number of fused-ring (bicyclic) bond motifs is 1. The van der Waals surface area contributed by atoms with Gasteiger partial charge >= 0.3 is 5.97 Å². The number of phenols is 2. The molecule has 1 aliphatic rings. The molecule has 0 fully saturated rings. The highest BCUT2D eigenvalue weighted by Gasteiger charge is 2.31. The molecule has 6 heteroatoms. The minimum Gasteiger partial charge on any atom is -0.508 e. The van der Waals surface area contributed by atoms with Crippen molar-refractivity contribution in [1.82, 2.24) is 0 Å². The van der Waals surface area contributed by atoms with E-state index in [4.69, 9.17) is 4.74 Å². The number of hydrogen-bond donors (Lipinski definition) is 2. The van der Waals surface area contributed by atoms with Gasteiger partial charge in [-0.25, -0.2) is 4.79 Å². The number of anilines is 1. The number of aromatic hydroxyl groups is 2. The predicted molar refractivity (Wildman–Crippen MR) is 87.1 cm³/mol. The Morgan fingerprint density at radius 3 is 2.71 bits per heavy atom. The standard InChI is InChI=1S/C18H17NO5/c1-11-8-12-4-2-3-5-15(12)19(11)17(22)10-24-18(23)14-7-6-13(20)9-16(14)21/h2-7,9,11,20-21H,8,10H2,1H3/t11-/m0/s1. The Kier molecular flexibility index (Phi) is 4.12. The lowest BCUT2D eigenvalue weighted by Gasteiger charge is -2.22. The molecule has 6 nitrogen and oxygen atoms in total. The Bertz CT molecular complexity index is 802. The molecule has 0 saturated carbocycles. The molecule has 0 spiro atoms. The van der Waals surface area contributed by atoms with Crippen LogP contribution in [-0.4, -0.2) is 34.7 Å². The molecule has 24 heavy (non-hydrogen) atoms. The van der Waals surface area contributed by atoms with Crippen LogP contribution in [0.4, 0.5) is 5.69 Å². The van der Waals surface area contributed by atoms with Gasteiger partial charge in [0.25, 0.3) is 5.91 Å². The third-order valence-electron chi connectivity index (χ3n) is 4.00. The lowest BCUT2D eigenvalue weighted by Crippen LogP contribution is -2.38. The number of rotatable bonds is 3. The Labute approximate surface area is 138 Å². The van der Waals surface area contributed by atoms with Crippen molar-refractivity contribution in [3.05, 3.63) is 53.6 Å². The lowest BCUT2D eigenvalue weighted by atomic mass is 10.1. The molecule has 0 radical (unpaired) electrons. The van der Waals surface area contributed by atoms with Gasteiger partial charge in [-0.1, -0.05) is 18.2 Å². The Hall–Kier alpha value is -3.02. The summed E-state index contributed by atoms with van der Waals surface area (Å²) in [6, 6.07) is 11.2. The number of ether oxygens (including phenoxy) is 1. The van der Waals surface area contributed by atoms with E-state index in [1.165, 1.54) is 12.1 Å². The zero-order valence-corrected chi connectivity index (χ0v) is 13.1. The van der Waals surface area contributed by atoms with Crippen molar-refractivity contribution < 1.29 is 24.5 Å². The van der Waals surface area contributed by atoms with Gasteiger partial charge in [-0.3, -0.25) is 4.79 Å². The summed E-state index contributed by atoms with van der Waals surface area (Å²) in [6.45, 7) is 1.52. The number of hydrogen-bond acceptors (Lipinski definition) is 5. The minimum atomic E-state index is -0.819. The molecule has 1 amide bonds. The summed E-state index contributed by atoms with van der Waals surface area (Å²) >= 11 is 0. The van der Waals surface area contributed by atoms with E-state index in [9.17, 15) is 19.8 Å². The Morgan fingerprint density at radius 1 is 1.21 bits per heavy atom. The fourth-order valence-corrected chi connectivity index (χ4v) is 2.91. The number of carbonyl (C=O) groups is 2. The second-order valence-corrected chi connectivity index (χ2v) is 5.72. The average molecular weight is 327 g/mol. The number of carbonyl (C=O) groups excluding carboxylic acids is 2. The van der Waals surface area contributed by atoms with Crippen molar-refractivity contribution in [3.63, 3.8) is 0 Å². The molecule has 0 aromatic heterocycles. The highest BCUT2D eigenvalue weighted by Crippen LogP contribution is 2.32. The van der Waals surface area contributed by atoms with Crippen LogP contribution in [0.1, 0.15) is 22.8 Å². The number of para-hydroxylation sites is 1. The first-order valence-electron chi connectivity index (χ1n) is 7.56. The molecule has 124 valence electrons. The monoisotopic (exact) mass is 327 g/mol. The highest BCUT2D eigenvalue weighted by atomic mass is 16.5. The third-order valence-corrected chi connectivity index (χ3v) is 4.00. The molecule has 0 bridgehead atoms. The summed E-state index contributed by atoms with van der Waals surface area (Å²) in [5, 5.41) is 18.9. The quantitative estimate of drug-likeness (QED) is 0.844. The number of esters is 1. The molecule has 1 heterocycles. The van der Waals surface area contributed by atoms with E-state index >= 15 is 0 Å². The van der Waals surface area contributed by atoms with E-state index < -0.39 is 18.3 Å². The summed E-state index contributed by atoms with van der Waals surface area (Å²) in [7, 11) is 0. The van der Waals surface area contributed by atoms with Gasteiger partial charge in [0.2, 0.25) is 0 Å². The lowest BCUT2D eigenvalue weighted by molar-refractivity contribution is -0.122. The van der Waals surface area contributed by atoms with Gasteiger partial charge in [-0.2, -0.15) is 0 Å². The van der Waals surface area contributed by atoms with E-state index in [0.717, 1.165) is 23.7 Å². The number of phenolic OH excluding ortho intramolecular Hbond substituents is 2. The minimum absolute atomic E-state index is 0.00400. The zero-order chi connectivity index (χ0) is 17.3. The van der Waals surface area contributed by atoms with Gasteiger partial charge in [-0.05, 0) is 37.1 Å². The first kappa shape index (κ1) is 15.9. The summed E-state index contributed by atoms with van der Waals surface area (Å²) in [5.74, 6) is -1.70. The van der Waals surface area contributed by atoms with Crippen LogP contribution in [0.5, 0.6) is 11.5 Å². The molecule has 2 N–H and O–H groups in total. The summed E-state index contributed by atoms with van der Waals surface area (Å²) in [6.07, 6.45) is 0.759. The van der Waals surface area contributed by atoms with E-state index in [1.807, 2.05) is 31.2 Å². The average Bonchev–Trinajstić information content (AvgIpc) is 2.88. The van der Waals surface area contributed by atoms with Crippen molar-refractivity contribution >= 4 is 17.6 Å². The molecule has 3 rings (SSSR count). The van der Waals surface area contributed by atoms with Crippen LogP contribution in [0, 0.1) is 0 Å². The van der Waals surface area contributed by atoms with E-state index in [-0.39, 0.29) is 23.3 Å². The van der Waals surface area contributed by atoms with Crippen molar-refractivity contribution in [2.75, 3.05) is 11.5 Å². The fraction of sp³-hybridized carbons (Fsp3) is 0.222. The first-order valence-corrected chi connectivity index (χ1v) is 7.56. The third kappa shape index (κ3) is 2.90. The number of amides is 1. The van der Waals surface area contributed by atoms with Gasteiger partial charge in [0.15, 0.2) is 6.61 Å². The maximum atomic E-state index is 12.4. The van der Waals surface area contributed by atoms with Gasteiger partial charge in [-0.15, -0.1) is 0 Å². The van der Waals surface area contributed by atoms with Gasteiger partial charge in [0.1, 0.15) is 17.1 Å². The highest BCUT2D eigenvalue weighted by molar-refractivity contribution is 5.99. The van der Waals surface area contributed by atoms with Crippen LogP contribution >= 0.6 is 0 Å². The molecule has 2 aromatic rings. The molecule has 0 saturated heterocycles. The maximum absolute atomic E-state index is 12.4. The van der Waals surface area contributed by atoms with E-state index in [2.05, 4.69) is 0 Å². The predicted octanol–water partition coefficient (Wildman–Crippen LogP) is 2.23. The van der Waals surface area contributed by atoms with Crippen molar-refractivity contribution in [2.45, 2.75) is 19.4 Å². The van der Waals surface area contributed by atoms with Crippen LogP contribution < -0.4 is 4.90 Å². The van der Waals surface area contributed by atoms with Crippen LogP contribution in [-0.2, 0) is 16.0 Å². The van der Waals surface area contributed by atoms with Crippen LogP contribution in [0.15, 0.2) is 42.5 Å². The topological polar surface area (TPSA) is 87.1 Å². The molecule has 0 unspecified atom stereocenters. The fourth-order valence-electron chi connectivity index (χ4n) is 2.91. The van der Waals surface area contributed by atoms with Gasteiger partial charge < -0.3 is 19.8 Å². The maximum Gasteiger partial charge on any atom is 0.342 e. The summed E-state index contributed by atoms with van der Waals surface area (Å²) in [4.78, 5) is 26.1. The van der Waals surface area contributed by atoms with Gasteiger partial charge in [0.05, 0.1) is 0 Å². The van der Waals surface area contributed by atoms with Crippen LogP contribution in [0.3, 0.4) is 0 Å². The van der Waals surface area contributed by atoms with E-state index in [1.54, 1.807) is 4.90 Å². The first-order chi connectivity index (χ1) is 11.5. The summed E-state index contributed by atoms with van der Waals surface area (Å²) in [5.41, 5.74) is 1.81. The molecular weight excluding hydrogens is 310 g/mol. The molecular formula is C18H17NO5. The van der Waals surface area contributed by atoms with E-state index in [0.29, 0.717) is 0 Å². The molecule has 1 aliphatic heterocycles. The molecule has 1 atom stereocenters. The van der Waals surface area contributed by atoms with Crippen molar-refractivity contribution in [1.29, 1.82) is 0 Å². The van der Waals surface area contributed by atoms with Crippen LogP contribution in [0.25, 0.3) is 0 Å². The van der Waals surface area contributed by atoms with Gasteiger partial charge in [0, 0.05) is 17.8 Å².